The molecule has 0 unspecified atom stereocenters. The highest BCUT2D eigenvalue weighted by molar-refractivity contribution is 5.85. The first-order valence-corrected chi connectivity index (χ1v) is 5.07. The summed E-state index contributed by atoms with van der Waals surface area (Å²) in [5.41, 5.74) is 7.53. The fourth-order valence-corrected chi connectivity index (χ4v) is 1.76. The minimum absolute atomic E-state index is 0. The molecule has 0 radical (unpaired) electrons. The van der Waals surface area contributed by atoms with Gasteiger partial charge in [-0.05, 0) is 12.1 Å². The zero-order valence-electron chi connectivity index (χ0n) is 9.72. The third-order valence-electron chi connectivity index (χ3n) is 2.56. The van der Waals surface area contributed by atoms with Gasteiger partial charge in [-0.3, -0.25) is 0 Å². The number of hydrogen-bond donors (Lipinski definition) is 1. The molecule has 1 heterocycles. The van der Waals surface area contributed by atoms with Crippen molar-refractivity contribution in [3.8, 4) is 5.75 Å². The Hall–Kier alpha value is -0.840. The number of methoxy groups -OCH3 is 1. The second-order valence-electron chi connectivity index (χ2n) is 3.53. The Morgan fingerprint density at radius 2 is 1.88 bits per heavy atom. The van der Waals surface area contributed by atoms with Gasteiger partial charge in [0.25, 0.3) is 0 Å². The van der Waals surface area contributed by atoms with Gasteiger partial charge in [-0.1, -0.05) is 0 Å². The number of benzene rings is 1. The highest BCUT2D eigenvalue weighted by atomic mass is 35.5. The van der Waals surface area contributed by atoms with Crippen molar-refractivity contribution in [1.29, 1.82) is 0 Å². The van der Waals surface area contributed by atoms with Gasteiger partial charge >= 0.3 is 0 Å². The molecule has 6 heteroatoms. The number of halogens is 2. The Morgan fingerprint density at radius 3 is 2.47 bits per heavy atom. The van der Waals surface area contributed by atoms with Crippen molar-refractivity contribution in [3.05, 3.63) is 18.2 Å². The number of ether oxygens (including phenoxy) is 2. The molecule has 98 valence electrons. The maximum atomic E-state index is 5.71. The molecule has 1 fully saturated rings. The average Bonchev–Trinajstić information content (AvgIpc) is 2.30. The average molecular weight is 281 g/mol. The van der Waals surface area contributed by atoms with Gasteiger partial charge in [-0.15, -0.1) is 24.8 Å². The van der Waals surface area contributed by atoms with Crippen LogP contribution in [-0.4, -0.2) is 33.4 Å². The van der Waals surface area contributed by atoms with E-state index < -0.39 is 0 Å². The largest absolute Gasteiger partial charge is 0.495 e. The number of rotatable bonds is 2. The van der Waals surface area contributed by atoms with Crippen molar-refractivity contribution in [3.63, 3.8) is 0 Å². The monoisotopic (exact) mass is 280 g/mol. The van der Waals surface area contributed by atoms with Crippen LogP contribution in [0, 0.1) is 0 Å². The lowest BCUT2D eigenvalue weighted by atomic mass is 10.2. The predicted molar refractivity (Wildman–Crippen MR) is 74.9 cm³/mol. The molecule has 1 aliphatic heterocycles. The van der Waals surface area contributed by atoms with Gasteiger partial charge in [0.1, 0.15) is 5.75 Å². The molecule has 1 aromatic rings. The summed E-state index contributed by atoms with van der Waals surface area (Å²) < 4.78 is 10.6. The highest BCUT2D eigenvalue weighted by Gasteiger charge is 2.15. The van der Waals surface area contributed by atoms with Crippen LogP contribution in [0.15, 0.2) is 18.2 Å². The normalized spacial score (nSPS) is 14.5. The third kappa shape index (κ3) is 3.84. The van der Waals surface area contributed by atoms with E-state index in [1.54, 1.807) is 7.11 Å². The van der Waals surface area contributed by atoms with Gasteiger partial charge in [0, 0.05) is 24.8 Å². The van der Waals surface area contributed by atoms with Crippen LogP contribution >= 0.6 is 24.8 Å². The Labute approximate surface area is 114 Å². The van der Waals surface area contributed by atoms with E-state index in [2.05, 4.69) is 4.90 Å². The molecule has 0 atom stereocenters. The smallest absolute Gasteiger partial charge is 0.144 e. The zero-order chi connectivity index (χ0) is 10.7. The van der Waals surface area contributed by atoms with Gasteiger partial charge < -0.3 is 20.1 Å². The first kappa shape index (κ1) is 16.2. The molecule has 4 nitrogen and oxygen atoms in total. The van der Waals surface area contributed by atoms with Crippen molar-refractivity contribution in [2.24, 2.45) is 0 Å². The highest BCUT2D eigenvalue weighted by Crippen LogP contribution is 2.30. The first-order chi connectivity index (χ1) is 7.31. The molecule has 1 aliphatic rings. The molecule has 0 bridgehead atoms. The van der Waals surface area contributed by atoms with Crippen LogP contribution in [0.2, 0.25) is 0 Å². The van der Waals surface area contributed by atoms with Crippen LogP contribution in [0.25, 0.3) is 0 Å². The minimum atomic E-state index is 0. The van der Waals surface area contributed by atoms with Gasteiger partial charge in [0.05, 0.1) is 26.0 Å². The molecular formula is C11H18Cl2N2O2. The molecule has 0 saturated carbocycles. The topological polar surface area (TPSA) is 47.7 Å². The van der Waals surface area contributed by atoms with E-state index in [9.17, 15) is 0 Å². The number of morpholine rings is 1. The lowest BCUT2D eigenvalue weighted by Crippen LogP contribution is -2.36. The van der Waals surface area contributed by atoms with Gasteiger partial charge in [0.2, 0.25) is 0 Å². The van der Waals surface area contributed by atoms with E-state index in [0.717, 1.165) is 43.4 Å². The second kappa shape index (κ2) is 7.48. The third-order valence-corrected chi connectivity index (χ3v) is 2.56. The molecule has 17 heavy (non-hydrogen) atoms. The molecule has 0 aliphatic carbocycles. The summed E-state index contributed by atoms with van der Waals surface area (Å²) in [6, 6.07) is 5.75. The van der Waals surface area contributed by atoms with Crippen LogP contribution in [0.4, 0.5) is 11.4 Å². The summed E-state index contributed by atoms with van der Waals surface area (Å²) in [4.78, 5) is 2.25. The molecule has 0 amide bonds. The second-order valence-corrected chi connectivity index (χ2v) is 3.53. The summed E-state index contributed by atoms with van der Waals surface area (Å²) in [5, 5.41) is 0. The number of nitrogen functional groups attached to an aromatic ring is 1. The molecule has 2 N–H and O–H groups in total. The molecule has 1 aromatic carbocycles. The van der Waals surface area contributed by atoms with Crippen LogP contribution in [-0.2, 0) is 4.74 Å². The summed E-state index contributed by atoms with van der Waals surface area (Å²) >= 11 is 0. The van der Waals surface area contributed by atoms with E-state index in [0.29, 0.717) is 0 Å². The van der Waals surface area contributed by atoms with Gasteiger partial charge in [-0.2, -0.15) is 0 Å². The summed E-state index contributed by atoms with van der Waals surface area (Å²) in [6.45, 7) is 3.35. The van der Waals surface area contributed by atoms with E-state index >= 15 is 0 Å². The van der Waals surface area contributed by atoms with E-state index in [1.807, 2.05) is 18.2 Å². The molecule has 2 rings (SSSR count). The van der Waals surface area contributed by atoms with E-state index in [1.165, 1.54) is 0 Å². The molecule has 0 aromatic heterocycles. The van der Waals surface area contributed by atoms with Crippen molar-refractivity contribution in [2.45, 2.75) is 0 Å². The fraction of sp³-hybridized carbons (Fsp3) is 0.455. The Morgan fingerprint density at radius 1 is 1.24 bits per heavy atom. The SMILES string of the molecule is COc1cc(N)ccc1N1CCOCC1.Cl.Cl. The van der Waals surface area contributed by atoms with Crippen LogP contribution in [0.5, 0.6) is 5.75 Å². The van der Waals surface area contributed by atoms with Crippen LogP contribution in [0.3, 0.4) is 0 Å². The zero-order valence-corrected chi connectivity index (χ0v) is 11.4. The van der Waals surface area contributed by atoms with Crippen molar-refractivity contribution in [1.82, 2.24) is 0 Å². The first-order valence-electron chi connectivity index (χ1n) is 5.07. The lowest BCUT2D eigenvalue weighted by molar-refractivity contribution is 0.122. The molecule has 0 spiro atoms. The maximum Gasteiger partial charge on any atom is 0.144 e. The summed E-state index contributed by atoms with van der Waals surface area (Å²) in [7, 11) is 1.67. The lowest BCUT2D eigenvalue weighted by Gasteiger charge is -2.30. The van der Waals surface area contributed by atoms with Crippen LogP contribution in [0.1, 0.15) is 0 Å². The van der Waals surface area contributed by atoms with E-state index in [4.69, 9.17) is 15.2 Å². The predicted octanol–water partition coefficient (Wildman–Crippen LogP) is 1.96. The Balaban J connectivity index is 0.00000128. The number of anilines is 2. The minimum Gasteiger partial charge on any atom is -0.495 e. The van der Waals surface area contributed by atoms with Crippen molar-refractivity contribution < 1.29 is 9.47 Å². The van der Waals surface area contributed by atoms with Gasteiger partial charge in [0.15, 0.2) is 0 Å². The quantitative estimate of drug-likeness (QED) is 0.842. The summed E-state index contributed by atoms with van der Waals surface area (Å²) in [5.74, 6) is 0.830. The van der Waals surface area contributed by atoms with Crippen molar-refractivity contribution >= 4 is 36.2 Å². The Bertz CT molecular complexity index is 344. The maximum absolute atomic E-state index is 5.71. The van der Waals surface area contributed by atoms with Crippen LogP contribution < -0.4 is 15.4 Å². The standard InChI is InChI=1S/C11H16N2O2.2ClH/c1-14-11-8-9(12)2-3-10(11)13-4-6-15-7-5-13;;/h2-3,8H,4-7,12H2,1H3;2*1H. The molecule has 1 saturated heterocycles. The number of nitrogens with zero attached hydrogens (tertiary/aromatic N) is 1. The number of nitrogens with two attached hydrogens (primary N) is 1. The van der Waals surface area contributed by atoms with E-state index in [-0.39, 0.29) is 24.8 Å². The van der Waals surface area contributed by atoms with Crippen molar-refractivity contribution in [2.75, 3.05) is 44.0 Å². The number of hydrogen-bond acceptors (Lipinski definition) is 4. The Kier molecular flexibility index (Phi) is 7.11. The van der Waals surface area contributed by atoms with Gasteiger partial charge in [-0.25, -0.2) is 0 Å². The molecular weight excluding hydrogens is 263 g/mol. The fourth-order valence-electron chi connectivity index (χ4n) is 1.76. The summed E-state index contributed by atoms with van der Waals surface area (Å²) in [6.07, 6.45) is 0.